The number of hydrogen-bond acceptors (Lipinski definition) is 2. The van der Waals surface area contributed by atoms with Crippen molar-refractivity contribution in [1.29, 1.82) is 0 Å². The minimum atomic E-state index is -0.00579. The highest BCUT2D eigenvalue weighted by Gasteiger charge is 2.38. The second kappa shape index (κ2) is 15.3. The molecule has 0 bridgehead atoms. The number of aryl methyl sites for hydroxylation is 2. The first-order valence-corrected chi connectivity index (χ1v) is 21.0. The van der Waals surface area contributed by atoms with E-state index in [2.05, 4.69) is 245 Å². The molecule has 2 heteroatoms. The molecule has 0 spiro atoms. The van der Waals surface area contributed by atoms with E-state index >= 15 is 0 Å². The van der Waals surface area contributed by atoms with Gasteiger partial charge in [-0.1, -0.05) is 160 Å². The Hall–Kier alpha value is -6.64. The first kappa shape index (κ1) is 37.9. The molecule has 0 heterocycles. The van der Waals surface area contributed by atoms with Crippen LogP contribution in [0.5, 0.6) is 0 Å². The van der Waals surface area contributed by atoms with Crippen LogP contribution in [-0.2, 0) is 10.8 Å². The lowest BCUT2D eigenvalue weighted by Crippen LogP contribution is -2.20. The second-order valence-electron chi connectivity index (χ2n) is 16.9. The summed E-state index contributed by atoms with van der Waals surface area (Å²) in [4.78, 5) is 4.71. The summed E-state index contributed by atoms with van der Waals surface area (Å²) >= 11 is 0. The van der Waals surface area contributed by atoms with Crippen LogP contribution in [0.1, 0.15) is 67.5 Å². The van der Waals surface area contributed by atoms with E-state index in [1.165, 1.54) is 89.8 Å². The Morgan fingerprint density at radius 1 is 0.339 bits per heavy atom. The molecule has 0 N–H and O–H groups in total. The zero-order chi connectivity index (χ0) is 40.7. The fourth-order valence-corrected chi connectivity index (χ4v) is 9.36. The van der Waals surface area contributed by atoms with Crippen LogP contribution in [0.2, 0.25) is 0 Å². The van der Waals surface area contributed by atoms with Crippen molar-refractivity contribution >= 4 is 34.1 Å². The van der Waals surface area contributed by atoms with Crippen LogP contribution in [0.3, 0.4) is 0 Å². The predicted octanol–water partition coefficient (Wildman–Crippen LogP) is 15.9. The summed E-state index contributed by atoms with van der Waals surface area (Å²) in [5, 5.41) is 0. The highest BCUT2D eigenvalue weighted by molar-refractivity contribution is 5.87. The van der Waals surface area contributed by atoms with Gasteiger partial charge in [-0.2, -0.15) is 0 Å². The first-order valence-electron chi connectivity index (χ1n) is 21.0. The number of para-hydroxylation sites is 2. The molecule has 0 fully saturated rings. The smallest absolute Gasteiger partial charge is 0.0465 e. The predicted molar refractivity (Wildman–Crippen MR) is 251 cm³/mol. The largest absolute Gasteiger partial charge is 0.310 e. The molecule has 290 valence electrons. The molecule has 59 heavy (non-hydrogen) atoms. The molecule has 0 saturated carbocycles. The summed E-state index contributed by atoms with van der Waals surface area (Å²) in [5.41, 5.74) is 20.8. The average molecular weight is 765 g/mol. The van der Waals surface area contributed by atoms with Crippen LogP contribution >= 0.6 is 0 Å². The highest BCUT2D eigenvalue weighted by Crippen LogP contribution is 2.53. The van der Waals surface area contributed by atoms with Crippen molar-refractivity contribution < 1.29 is 0 Å². The lowest BCUT2D eigenvalue weighted by Gasteiger charge is -2.29. The molecule has 2 nitrogen and oxygen atoms in total. The van der Waals surface area contributed by atoms with Gasteiger partial charge in [0.25, 0.3) is 0 Å². The Kier molecular flexibility index (Phi) is 9.81. The van der Waals surface area contributed by atoms with Crippen molar-refractivity contribution in [2.45, 2.75) is 58.8 Å². The van der Waals surface area contributed by atoms with Gasteiger partial charge in [0.15, 0.2) is 0 Å². The number of benzene rings is 8. The Bertz CT molecular complexity index is 2660. The summed E-state index contributed by atoms with van der Waals surface area (Å²) in [6.45, 7) is 13.6. The zero-order valence-corrected chi connectivity index (χ0v) is 35.1. The molecular formula is C57H52N2. The lowest BCUT2D eigenvalue weighted by molar-refractivity contribution is 0.564. The minimum Gasteiger partial charge on any atom is -0.310 e. The minimum absolute atomic E-state index is 0.00579. The molecule has 2 aliphatic carbocycles. The molecule has 8 aromatic rings. The maximum atomic E-state index is 2.40. The highest BCUT2D eigenvalue weighted by atomic mass is 15.1. The summed E-state index contributed by atoms with van der Waals surface area (Å²) < 4.78 is 0. The van der Waals surface area contributed by atoms with Gasteiger partial charge in [0.05, 0.1) is 0 Å². The molecular weight excluding hydrogens is 713 g/mol. The topological polar surface area (TPSA) is 6.48 Å². The third kappa shape index (κ3) is 6.73. The quantitative estimate of drug-likeness (QED) is 0.159. The molecule has 0 radical (unpaired) electrons. The van der Waals surface area contributed by atoms with Crippen LogP contribution < -0.4 is 9.80 Å². The van der Waals surface area contributed by atoms with Gasteiger partial charge in [-0.3, -0.25) is 0 Å². The van der Waals surface area contributed by atoms with Crippen LogP contribution in [0.25, 0.3) is 22.3 Å². The molecule has 1 unspecified atom stereocenters. The van der Waals surface area contributed by atoms with Gasteiger partial charge in [0.1, 0.15) is 0 Å². The Morgan fingerprint density at radius 3 is 1.19 bits per heavy atom. The van der Waals surface area contributed by atoms with Crippen molar-refractivity contribution in [3.8, 4) is 22.3 Å². The van der Waals surface area contributed by atoms with Crippen molar-refractivity contribution in [3.05, 3.63) is 228 Å². The summed E-state index contributed by atoms with van der Waals surface area (Å²) in [6, 6.07) is 70.4. The molecule has 0 amide bonds. The van der Waals surface area contributed by atoms with E-state index in [-0.39, 0.29) is 10.8 Å². The van der Waals surface area contributed by atoms with Gasteiger partial charge >= 0.3 is 0 Å². The van der Waals surface area contributed by atoms with Gasteiger partial charge in [0.2, 0.25) is 0 Å². The monoisotopic (exact) mass is 764 g/mol. The van der Waals surface area contributed by atoms with Crippen LogP contribution in [0.4, 0.5) is 34.1 Å². The van der Waals surface area contributed by atoms with Crippen LogP contribution in [-0.4, -0.2) is 0 Å². The molecule has 0 aliphatic heterocycles. The number of fused-ring (bicyclic) bond motifs is 6. The maximum Gasteiger partial charge on any atom is 0.0465 e. The van der Waals surface area contributed by atoms with Gasteiger partial charge in [-0.15, -0.1) is 0 Å². The fraction of sp³-hybridized carbons (Fsp3) is 0.158. The molecule has 0 saturated heterocycles. The average Bonchev–Trinajstić information content (AvgIpc) is 3.67. The fourth-order valence-electron chi connectivity index (χ4n) is 9.36. The molecule has 8 aromatic carbocycles. The van der Waals surface area contributed by atoms with E-state index in [9.17, 15) is 0 Å². The van der Waals surface area contributed by atoms with E-state index in [0.29, 0.717) is 0 Å². The lowest BCUT2D eigenvalue weighted by atomic mass is 9.78. The van der Waals surface area contributed by atoms with Gasteiger partial charge < -0.3 is 9.80 Å². The van der Waals surface area contributed by atoms with E-state index in [1.54, 1.807) is 0 Å². The standard InChI is InChI=1S/C29H27N.C28H25N/c1-20-9-13-22(14-10-20)30(23-15-11-21(2)12-16-23)24-17-18-26-25-7-5-6-8-27(25)29(3,4)28(26)19-24;1-3-28(2)26-17-11-10-16-24(26)25-19-18-23(20-27(25)28)29(21-12-6-4-7-13-21)22-14-8-5-9-15-22/h5-19H,1-4H3;4-20H,3H2,1-2H3. The third-order valence-corrected chi connectivity index (χ3v) is 12.8. The number of rotatable bonds is 7. The molecule has 10 rings (SSSR count). The van der Waals surface area contributed by atoms with Crippen molar-refractivity contribution in [2.75, 3.05) is 9.80 Å². The van der Waals surface area contributed by atoms with Gasteiger partial charge in [-0.25, -0.2) is 0 Å². The van der Waals surface area contributed by atoms with Crippen molar-refractivity contribution in [1.82, 2.24) is 0 Å². The van der Waals surface area contributed by atoms with E-state index in [4.69, 9.17) is 0 Å². The van der Waals surface area contributed by atoms with Crippen molar-refractivity contribution in [2.24, 2.45) is 0 Å². The molecule has 1 atom stereocenters. The molecule has 0 aromatic heterocycles. The van der Waals surface area contributed by atoms with Crippen molar-refractivity contribution in [3.63, 3.8) is 0 Å². The Balaban J connectivity index is 0.000000152. The summed E-state index contributed by atoms with van der Waals surface area (Å²) in [5.74, 6) is 0. The number of hydrogen-bond donors (Lipinski definition) is 0. The van der Waals surface area contributed by atoms with E-state index < -0.39 is 0 Å². The molecule has 2 aliphatic rings. The summed E-state index contributed by atoms with van der Waals surface area (Å²) in [6.07, 6.45) is 1.08. The SMILES string of the molecule is CCC1(C)c2ccccc2-c2ccc(N(c3ccccc3)c3ccccc3)cc21.Cc1ccc(N(c2ccc(C)cc2)c2ccc3c(c2)C(C)(C)c2ccccc2-3)cc1. The Labute approximate surface area is 351 Å². The van der Waals surface area contributed by atoms with E-state index in [1.807, 2.05) is 0 Å². The zero-order valence-electron chi connectivity index (χ0n) is 35.1. The van der Waals surface area contributed by atoms with Crippen LogP contribution in [0, 0.1) is 13.8 Å². The van der Waals surface area contributed by atoms with Gasteiger partial charge in [-0.05, 0) is 138 Å². The Morgan fingerprint density at radius 2 is 0.695 bits per heavy atom. The summed E-state index contributed by atoms with van der Waals surface area (Å²) in [7, 11) is 0. The maximum absolute atomic E-state index is 2.40. The normalized spacial score (nSPS) is 15.2. The third-order valence-electron chi connectivity index (χ3n) is 12.8. The van der Waals surface area contributed by atoms with Crippen LogP contribution in [0.15, 0.2) is 194 Å². The van der Waals surface area contributed by atoms with E-state index in [0.717, 1.165) is 6.42 Å². The number of nitrogens with zero attached hydrogens (tertiary/aromatic N) is 2. The second-order valence-corrected chi connectivity index (χ2v) is 16.9. The first-order chi connectivity index (χ1) is 28.7. The number of anilines is 6. The van der Waals surface area contributed by atoms with Gasteiger partial charge in [0, 0.05) is 45.0 Å².